The van der Waals surface area contributed by atoms with Gasteiger partial charge in [0.1, 0.15) is 11.6 Å². The molecule has 0 spiro atoms. The summed E-state index contributed by atoms with van der Waals surface area (Å²) in [6.07, 6.45) is 0.882. The molecule has 1 unspecified atom stereocenters. The SMILES string of the molecule is COc1ccc(-c2nc(F)n3c2CN(C(=O)CC(N)Cc2cc(F)ccc2F)CC3)cn1. The van der Waals surface area contributed by atoms with Gasteiger partial charge in [0.25, 0.3) is 6.08 Å². The third kappa shape index (κ3) is 4.45. The fourth-order valence-electron chi connectivity index (χ4n) is 3.82. The van der Waals surface area contributed by atoms with E-state index in [-0.39, 0.29) is 37.4 Å². The van der Waals surface area contributed by atoms with Gasteiger partial charge in [0, 0.05) is 43.4 Å². The van der Waals surface area contributed by atoms with Crippen molar-refractivity contribution in [2.45, 2.75) is 32.0 Å². The molecule has 1 aliphatic heterocycles. The topological polar surface area (TPSA) is 86.3 Å². The number of amides is 1. The molecule has 2 aromatic heterocycles. The maximum Gasteiger partial charge on any atom is 0.290 e. The van der Waals surface area contributed by atoms with E-state index in [1.807, 2.05) is 0 Å². The van der Waals surface area contributed by atoms with E-state index in [9.17, 15) is 18.0 Å². The molecule has 32 heavy (non-hydrogen) atoms. The molecule has 0 fully saturated rings. The second-order valence-electron chi connectivity index (χ2n) is 7.64. The molecule has 0 aliphatic carbocycles. The number of fused-ring (bicyclic) bond motifs is 1. The summed E-state index contributed by atoms with van der Waals surface area (Å²) in [5.41, 5.74) is 7.73. The van der Waals surface area contributed by atoms with Crippen molar-refractivity contribution in [2.75, 3.05) is 13.7 Å². The zero-order valence-electron chi connectivity index (χ0n) is 17.4. The number of rotatable bonds is 6. The number of carbonyl (C=O) groups excluding carboxylic acids is 1. The Morgan fingerprint density at radius 1 is 1.22 bits per heavy atom. The summed E-state index contributed by atoms with van der Waals surface area (Å²) in [7, 11) is 1.50. The summed E-state index contributed by atoms with van der Waals surface area (Å²) in [6.45, 7) is 0.690. The molecule has 4 rings (SSSR count). The molecule has 1 aromatic carbocycles. The molecule has 1 amide bonds. The molecule has 0 bridgehead atoms. The van der Waals surface area contributed by atoms with E-state index >= 15 is 0 Å². The van der Waals surface area contributed by atoms with Crippen LogP contribution < -0.4 is 10.5 Å². The number of benzene rings is 1. The third-order valence-electron chi connectivity index (χ3n) is 5.46. The molecule has 0 saturated carbocycles. The first-order valence-corrected chi connectivity index (χ1v) is 10.1. The molecular weight excluding hydrogens is 423 g/mol. The molecular formula is C22H22F3N5O2. The van der Waals surface area contributed by atoms with Gasteiger partial charge in [-0.25, -0.2) is 18.7 Å². The number of hydrogen-bond acceptors (Lipinski definition) is 5. The number of aromatic nitrogens is 3. The Morgan fingerprint density at radius 2 is 2.03 bits per heavy atom. The van der Waals surface area contributed by atoms with Gasteiger partial charge in [0.15, 0.2) is 0 Å². The van der Waals surface area contributed by atoms with Gasteiger partial charge in [-0.05, 0) is 36.2 Å². The fourth-order valence-corrected chi connectivity index (χ4v) is 3.82. The summed E-state index contributed by atoms with van der Waals surface area (Å²) in [5, 5.41) is 0. The van der Waals surface area contributed by atoms with E-state index < -0.39 is 23.8 Å². The minimum atomic E-state index is -0.687. The van der Waals surface area contributed by atoms with Crippen molar-refractivity contribution < 1.29 is 22.7 Å². The average Bonchev–Trinajstić information content (AvgIpc) is 3.12. The van der Waals surface area contributed by atoms with E-state index in [0.717, 1.165) is 18.2 Å². The number of imidazole rings is 1. The van der Waals surface area contributed by atoms with Gasteiger partial charge in [-0.15, -0.1) is 0 Å². The molecule has 0 radical (unpaired) electrons. The van der Waals surface area contributed by atoms with Gasteiger partial charge in [-0.2, -0.15) is 4.39 Å². The quantitative estimate of drug-likeness (QED) is 0.631. The zero-order chi connectivity index (χ0) is 22.8. The average molecular weight is 445 g/mol. The molecule has 168 valence electrons. The Balaban J connectivity index is 1.47. The van der Waals surface area contributed by atoms with Gasteiger partial charge >= 0.3 is 0 Å². The zero-order valence-corrected chi connectivity index (χ0v) is 17.4. The number of methoxy groups -OCH3 is 1. The van der Waals surface area contributed by atoms with E-state index in [1.54, 1.807) is 17.0 Å². The summed E-state index contributed by atoms with van der Waals surface area (Å²) in [6, 6.07) is 5.83. The summed E-state index contributed by atoms with van der Waals surface area (Å²) >= 11 is 0. The molecule has 3 heterocycles. The van der Waals surface area contributed by atoms with Crippen molar-refractivity contribution in [2.24, 2.45) is 5.73 Å². The van der Waals surface area contributed by atoms with Crippen molar-refractivity contribution in [3.05, 3.63) is 65.5 Å². The lowest BCUT2D eigenvalue weighted by atomic mass is 10.0. The highest BCUT2D eigenvalue weighted by atomic mass is 19.1. The second-order valence-corrected chi connectivity index (χ2v) is 7.64. The number of carbonyl (C=O) groups is 1. The lowest BCUT2D eigenvalue weighted by molar-refractivity contribution is -0.133. The fraction of sp³-hybridized carbons (Fsp3) is 0.318. The van der Waals surface area contributed by atoms with Crippen molar-refractivity contribution in [3.8, 4) is 17.1 Å². The normalized spacial score (nSPS) is 14.2. The molecule has 3 aromatic rings. The Bertz CT molecular complexity index is 1130. The van der Waals surface area contributed by atoms with Crippen molar-refractivity contribution in [3.63, 3.8) is 0 Å². The first kappa shape index (κ1) is 21.8. The first-order chi connectivity index (χ1) is 15.4. The lowest BCUT2D eigenvalue weighted by Gasteiger charge is -2.29. The Kier molecular flexibility index (Phi) is 6.13. The van der Waals surface area contributed by atoms with Gasteiger partial charge in [0.05, 0.1) is 25.0 Å². The summed E-state index contributed by atoms with van der Waals surface area (Å²) in [5.74, 6) is -0.958. The number of nitrogens with two attached hydrogens (primary N) is 1. The lowest BCUT2D eigenvalue weighted by Crippen LogP contribution is -2.41. The highest BCUT2D eigenvalue weighted by Gasteiger charge is 2.28. The smallest absolute Gasteiger partial charge is 0.290 e. The first-order valence-electron chi connectivity index (χ1n) is 10.1. The number of hydrogen-bond donors (Lipinski definition) is 1. The molecule has 2 N–H and O–H groups in total. The highest BCUT2D eigenvalue weighted by molar-refractivity contribution is 5.77. The highest BCUT2D eigenvalue weighted by Crippen LogP contribution is 2.28. The van der Waals surface area contributed by atoms with Crippen LogP contribution in [-0.2, 0) is 24.3 Å². The van der Waals surface area contributed by atoms with Crippen LogP contribution >= 0.6 is 0 Å². The molecule has 7 nitrogen and oxygen atoms in total. The van der Waals surface area contributed by atoms with Crippen LogP contribution in [0.25, 0.3) is 11.3 Å². The van der Waals surface area contributed by atoms with Crippen molar-refractivity contribution in [1.82, 2.24) is 19.4 Å². The minimum absolute atomic E-state index is 0.0263. The largest absolute Gasteiger partial charge is 0.481 e. The van der Waals surface area contributed by atoms with Crippen molar-refractivity contribution in [1.29, 1.82) is 0 Å². The molecule has 1 aliphatic rings. The Hall–Kier alpha value is -3.40. The Morgan fingerprint density at radius 3 is 2.75 bits per heavy atom. The maximum absolute atomic E-state index is 14.4. The standard InChI is InChI=1S/C22H22F3N5O2/c1-32-19-5-2-13(11-27-19)21-18-12-29(6-7-30(18)22(25)28-21)20(31)10-16(26)9-14-8-15(23)3-4-17(14)24/h2-5,8,11,16H,6-7,9-10,12,26H2,1H3. The Labute approximate surface area is 182 Å². The van der Waals surface area contributed by atoms with E-state index in [2.05, 4.69) is 9.97 Å². The molecule has 10 heteroatoms. The third-order valence-corrected chi connectivity index (χ3v) is 5.46. The van der Waals surface area contributed by atoms with Crippen LogP contribution in [0.2, 0.25) is 0 Å². The van der Waals surface area contributed by atoms with E-state index in [4.69, 9.17) is 10.5 Å². The predicted octanol–water partition coefficient (Wildman–Crippen LogP) is 2.67. The number of halogens is 3. The van der Waals surface area contributed by atoms with Crippen LogP contribution in [0.5, 0.6) is 5.88 Å². The van der Waals surface area contributed by atoms with Crippen LogP contribution in [0.3, 0.4) is 0 Å². The van der Waals surface area contributed by atoms with Crippen LogP contribution in [0, 0.1) is 17.7 Å². The number of nitrogens with zero attached hydrogens (tertiary/aromatic N) is 4. The number of pyridine rings is 1. The second kappa shape index (κ2) is 8.99. The minimum Gasteiger partial charge on any atom is -0.481 e. The van der Waals surface area contributed by atoms with E-state index in [0.29, 0.717) is 29.4 Å². The van der Waals surface area contributed by atoms with Crippen LogP contribution in [0.15, 0.2) is 36.5 Å². The van der Waals surface area contributed by atoms with E-state index in [1.165, 1.54) is 17.9 Å². The van der Waals surface area contributed by atoms with Crippen LogP contribution in [0.1, 0.15) is 17.7 Å². The van der Waals surface area contributed by atoms with Crippen LogP contribution in [0.4, 0.5) is 13.2 Å². The monoisotopic (exact) mass is 445 g/mol. The van der Waals surface area contributed by atoms with Gasteiger partial charge < -0.3 is 19.9 Å². The van der Waals surface area contributed by atoms with Crippen LogP contribution in [-0.4, -0.2) is 45.0 Å². The van der Waals surface area contributed by atoms with Gasteiger partial charge in [-0.1, -0.05) is 0 Å². The predicted molar refractivity (Wildman–Crippen MR) is 110 cm³/mol. The molecule has 0 saturated heterocycles. The molecule has 1 atom stereocenters. The summed E-state index contributed by atoms with van der Waals surface area (Å²) in [4.78, 5) is 22.5. The van der Waals surface area contributed by atoms with Crippen molar-refractivity contribution >= 4 is 5.91 Å². The summed E-state index contributed by atoms with van der Waals surface area (Å²) < 4.78 is 48.1. The van der Waals surface area contributed by atoms with Gasteiger partial charge in [0.2, 0.25) is 11.8 Å². The number of ether oxygens (including phenoxy) is 1. The maximum atomic E-state index is 14.4. The van der Waals surface area contributed by atoms with Gasteiger partial charge in [-0.3, -0.25) is 4.79 Å².